The van der Waals surface area contributed by atoms with Gasteiger partial charge >= 0.3 is 0 Å². The number of carbonyl (C=O) groups is 2. The largest absolute Gasteiger partial charge is 0.335 e. The van der Waals surface area contributed by atoms with Gasteiger partial charge in [-0.05, 0) is 80.5 Å². The van der Waals surface area contributed by atoms with Gasteiger partial charge in [0.15, 0.2) is 5.17 Å². The molecule has 1 aromatic carbocycles. The molecule has 46 heavy (non-hydrogen) atoms. The lowest BCUT2D eigenvalue weighted by molar-refractivity contribution is -0.145. The predicted octanol–water partition coefficient (Wildman–Crippen LogP) is 6.50. The number of piperazine rings is 1. The van der Waals surface area contributed by atoms with Crippen LogP contribution in [0.3, 0.4) is 0 Å². The Hall–Kier alpha value is -2.66. The SMILES string of the molecule is CC[C@H]1CNC2(CC2)CN1C(=O)[C@@H]1CCCN1C(=O)C1=C(C(C)C)N2C(=N[C@@](C)(c3ccc(Cl)nc3)[C@H]2c2ccc(Cl)c(F)c2)S1. The lowest BCUT2D eigenvalue weighted by Crippen LogP contribution is -2.62. The molecule has 5 aliphatic rings. The van der Waals surface area contributed by atoms with Crippen molar-refractivity contribution in [3.8, 4) is 0 Å². The topological polar surface area (TPSA) is 81.1 Å². The van der Waals surface area contributed by atoms with Crippen LogP contribution in [0.2, 0.25) is 10.2 Å². The molecule has 1 N–H and O–H groups in total. The number of rotatable bonds is 6. The fraction of sp³-hybridized carbons (Fsp3) is 0.529. The maximum Gasteiger partial charge on any atom is 0.263 e. The summed E-state index contributed by atoms with van der Waals surface area (Å²) in [4.78, 5) is 44.8. The first-order valence-corrected chi connectivity index (χ1v) is 17.8. The van der Waals surface area contributed by atoms with Gasteiger partial charge in [-0.2, -0.15) is 0 Å². The van der Waals surface area contributed by atoms with Crippen LogP contribution in [0.15, 0.2) is 52.1 Å². The van der Waals surface area contributed by atoms with Gasteiger partial charge in [0, 0.05) is 48.7 Å². The van der Waals surface area contributed by atoms with Gasteiger partial charge in [0.1, 0.15) is 27.5 Å². The first-order valence-electron chi connectivity index (χ1n) is 16.2. The third-order valence-electron chi connectivity index (χ3n) is 10.4. The van der Waals surface area contributed by atoms with Crippen LogP contribution < -0.4 is 5.32 Å². The Morgan fingerprint density at radius 1 is 1.17 bits per heavy atom. The zero-order chi connectivity index (χ0) is 32.5. The van der Waals surface area contributed by atoms with E-state index >= 15 is 0 Å². The monoisotopic (exact) mass is 684 g/mol. The van der Waals surface area contributed by atoms with Gasteiger partial charge in [0.25, 0.3) is 5.91 Å². The summed E-state index contributed by atoms with van der Waals surface area (Å²) in [5, 5.41) is 4.73. The Bertz CT molecular complexity index is 1650. The number of thioether (sulfide) groups is 1. The van der Waals surface area contributed by atoms with Crippen molar-refractivity contribution in [2.24, 2.45) is 10.9 Å². The predicted molar refractivity (Wildman–Crippen MR) is 180 cm³/mol. The molecule has 2 saturated heterocycles. The second kappa shape index (κ2) is 11.8. The van der Waals surface area contributed by atoms with Crippen LogP contribution in [0.5, 0.6) is 0 Å². The molecule has 1 spiro atoms. The smallest absolute Gasteiger partial charge is 0.263 e. The number of halogens is 3. The molecule has 4 aliphatic heterocycles. The van der Waals surface area contributed by atoms with Gasteiger partial charge in [-0.3, -0.25) is 9.59 Å². The highest BCUT2D eigenvalue weighted by Gasteiger charge is 2.55. The fourth-order valence-electron chi connectivity index (χ4n) is 7.64. The van der Waals surface area contributed by atoms with Crippen LogP contribution in [0, 0.1) is 11.7 Å². The first-order chi connectivity index (χ1) is 22.0. The second-order valence-corrected chi connectivity index (χ2v) is 15.4. The summed E-state index contributed by atoms with van der Waals surface area (Å²) in [6.07, 6.45) is 6.19. The Morgan fingerprint density at radius 3 is 2.61 bits per heavy atom. The van der Waals surface area contributed by atoms with Crippen molar-refractivity contribution in [2.75, 3.05) is 19.6 Å². The Morgan fingerprint density at radius 2 is 1.96 bits per heavy atom. The van der Waals surface area contributed by atoms with Gasteiger partial charge in [-0.25, -0.2) is 14.4 Å². The molecule has 7 rings (SSSR count). The zero-order valence-corrected chi connectivity index (χ0v) is 28.9. The van der Waals surface area contributed by atoms with Crippen LogP contribution in [0.25, 0.3) is 0 Å². The van der Waals surface area contributed by atoms with E-state index in [1.165, 1.54) is 17.8 Å². The Balaban J connectivity index is 1.25. The van der Waals surface area contributed by atoms with Crippen LogP contribution in [-0.4, -0.2) is 73.9 Å². The van der Waals surface area contributed by atoms with Crippen LogP contribution in [-0.2, 0) is 15.1 Å². The van der Waals surface area contributed by atoms with E-state index in [0.29, 0.717) is 40.3 Å². The number of amides is 2. The molecule has 2 aromatic rings. The van der Waals surface area contributed by atoms with Crippen molar-refractivity contribution in [2.45, 2.75) is 89.0 Å². The van der Waals surface area contributed by atoms with E-state index in [0.717, 1.165) is 43.5 Å². The quantitative estimate of drug-likeness (QED) is 0.350. The second-order valence-electron chi connectivity index (χ2n) is 13.7. The molecular formula is C34H39Cl2FN6O2S. The number of allylic oxidation sites excluding steroid dienone is 1. The number of nitrogens with zero attached hydrogens (tertiary/aromatic N) is 5. The van der Waals surface area contributed by atoms with Gasteiger partial charge in [0.05, 0.1) is 11.1 Å². The van der Waals surface area contributed by atoms with Crippen molar-refractivity contribution in [3.05, 3.63) is 74.3 Å². The summed E-state index contributed by atoms with van der Waals surface area (Å²) in [6, 6.07) is 7.61. The summed E-state index contributed by atoms with van der Waals surface area (Å²) in [6.45, 7) is 10.3. The first kappa shape index (κ1) is 31.9. The number of fused-ring (bicyclic) bond motifs is 1. The maximum absolute atomic E-state index is 15.0. The van der Waals surface area contributed by atoms with Crippen molar-refractivity contribution in [1.82, 2.24) is 25.0 Å². The average Bonchev–Trinajstić information content (AvgIpc) is 3.34. The van der Waals surface area contributed by atoms with Gasteiger partial charge in [-0.1, -0.05) is 56.1 Å². The number of amidine groups is 1. The molecule has 1 saturated carbocycles. The van der Waals surface area contributed by atoms with Gasteiger partial charge in [0.2, 0.25) is 5.91 Å². The van der Waals surface area contributed by atoms with E-state index in [1.807, 2.05) is 19.1 Å². The molecule has 0 unspecified atom stereocenters. The summed E-state index contributed by atoms with van der Waals surface area (Å²) < 4.78 is 15.0. The molecule has 4 atom stereocenters. The highest BCUT2D eigenvalue weighted by molar-refractivity contribution is 8.18. The summed E-state index contributed by atoms with van der Waals surface area (Å²) in [5.41, 5.74) is 1.50. The number of carbonyl (C=O) groups excluding carboxylic acids is 2. The third-order valence-corrected chi connectivity index (χ3v) is 11.9. The average molecular weight is 686 g/mol. The van der Waals surface area contributed by atoms with Crippen molar-refractivity contribution >= 4 is 51.9 Å². The van der Waals surface area contributed by atoms with E-state index in [1.54, 1.807) is 23.2 Å². The molecule has 8 nitrogen and oxygen atoms in total. The van der Waals surface area contributed by atoms with Crippen molar-refractivity contribution in [3.63, 3.8) is 0 Å². The summed E-state index contributed by atoms with van der Waals surface area (Å²) in [5.74, 6) is -0.655. The van der Waals surface area contributed by atoms with E-state index in [4.69, 9.17) is 28.2 Å². The molecule has 12 heteroatoms. The van der Waals surface area contributed by atoms with Crippen LogP contribution >= 0.6 is 35.0 Å². The lowest BCUT2D eigenvalue weighted by Gasteiger charge is -2.42. The van der Waals surface area contributed by atoms with Gasteiger partial charge in [-0.15, -0.1) is 0 Å². The molecule has 1 aromatic heterocycles. The maximum atomic E-state index is 15.0. The molecule has 0 radical (unpaired) electrons. The van der Waals surface area contributed by atoms with Gasteiger partial charge < -0.3 is 20.0 Å². The molecule has 2 amide bonds. The number of nitrogens with one attached hydrogen (secondary N) is 1. The summed E-state index contributed by atoms with van der Waals surface area (Å²) in [7, 11) is 0. The molecule has 5 heterocycles. The van der Waals surface area contributed by atoms with Crippen molar-refractivity contribution < 1.29 is 14.0 Å². The van der Waals surface area contributed by atoms with E-state index in [9.17, 15) is 14.0 Å². The normalized spacial score (nSPS) is 28.4. The number of benzene rings is 1. The molecule has 1 aliphatic carbocycles. The van der Waals surface area contributed by atoms with E-state index < -0.39 is 23.4 Å². The molecule has 0 bridgehead atoms. The van der Waals surface area contributed by atoms with Crippen LogP contribution in [0.1, 0.15) is 77.0 Å². The highest BCUT2D eigenvalue weighted by atomic mass is 35.5. The lowest BCUT2D eigenvalue weighted by atomic mass is 9.81. The minimum atomic E-state index is -0.864. The number of hydrogen-bond acceptors (Lipinski definition) is 7. The number of hydrogen-bond donors (Lipinski definition) is 1. The minimum Gasteiger partial charge on any atom is -0.335 e. The van der Waals surface area contributed by atoms with Crippen LogP contribution in [0.4, 0.5) is 4.39 Å². The number of likely N-dealkylation sites (tertiary alicyclic amines) is 1. The summed E-state index contributed by atoms with van der Waals surface area (Å²) >= 11 is 13.6. The molecular weight excluding hydrogens is 646 g/mol. The van der Waals surface area contributed by atoms with Crippen molar-refractivity contribution in [1.29, 1.82) is 0 Å². The van der Waals surface area contributed by atoms with E-state index in [-0.39, 0.29) is 34.3 Å². The number of aliphatic imine (C=N–C) groups is 1. The van der Waals surface area contributed by atoms with E-state index in [2.05, 4.69) is 40.9 Å². The number of pyridine rings is 1. The molecule has 244 valence electrons. The highest BCUT2D eigenvalue weighted by Crippen LogP contribution is 2.56. The third kappa shape index (κ3) is 5.24. The number of aromatic nitrogens is 1. The Labute approximate surface area is 283 Å². The molecule has 3 fully saturated rings. The fourth-order valence-corrected chi connectivity index (χ4v) is 9.23. The minimum absolute atomic E-state index is 0.0381. The Kier molecular flexibility index (Phi) is 8.18. The standard InChI is InChI=1S/C34H39Cl2FN6O2S/c1-5-22-17-39-34(12-13-34)18-42(22)30(44)25-7-6-14-41(25)31(45)28-27(19(2)3)43-29(20-8-10-23(35)24(37)15-20)33(4,40-32(43)46-28)21-9-11-26(36)38-16-21/h8-11,15-16,19,22,25,29,39H,5-7,12-14,17-18H2,1-4H3/t22-,25-,29+,33-/m0/s1. The zero-order valence-electron chi connectivity index (χ0n) is 26.5.